The Morgan fingerprint density at radius 3 is 2.37 bits per heavy atom. The lowest BCUT2D eigenvalue weighted by Crippen LogP contribution is -2.62. The van der Waals surface area contributed by atoms with Crippen molar-refractivity contribution in [2.75, 3.05) is 12.0 Å². The van der Waals surface area contributed by atoms with Crippen LogP contribution < -0.4 is 10.6 Å². The summed E-state index contributed by atoms with van der Waals surface area (Å²) >= 11 is 1.67. The molecule has 2 amide bonds. The van der Waals surface area contributed by atoms with Gasteiger partial charge in [-0.2, -0.15) is 11.8 Å². The van der Waals surface area contributed by atoms with E-state index in [1.54, 1.807) is 11.8 Å². The van der Waals surface area contributed by atoms with Crippen molar-refractivity contribution in [2.45, 2.75) is 24.9 Å². The number of thioether (sulfide) groups is 1. The van der Waals surface area contributed by atoms with Gasteiger partial charge in [-0.05, 0) is 24.0 Å². The fourth-order valence-corrected chi connectivity index (χ4v) is 2.58. The van der Waals surface area contributed by atoms with Crippen molar-refractivity contribution in [3.63, 3.8) is 0 Å². The first kappa shape index (κ1) is 13.9. The Hall–Kier alpha value is -1.49. The lowest BCUT2D eigenvalue weighted by molar-refractivity contribution is -0.136. The van der Waals surface area contributed by atoms with Crippen molar-refractivity contribution >= 4 is 23.6 Å². The van der Waals surface area contributed by atoms with Crippen LogP contribution in [0, 0.1) is 0 Å². The summed E-state index contributed by atoms with van der Waals surface area (Å²) < 4.78 is 0. The summed E-state index contributed by atoms with van der Waals surface area (Å²) in [5, 5.41) is 5.62. The smallest absolute Gasteiger partial charge is 0.243 e. The van der Waals surface area contributed by atoms with Gasteiger partial charge in [-0.15, -0.1) is 0 Å². The summed E-state index contributed by atoms with van der Waals surface area (Å²) in [7, 11) is 0. The van der Waals surface area contributed by atoms with Crippen molar-refractivity contribution < 1.29 is 9.59 Å². The Kier molecular flexibility index (Phi) is 4.85. The van der Waals surface area contributed by atoms with Gasteiger partial charge in [0.15, 0.2) is 0 Å². The monoisotopic (exact) mass is 278 g/mol. The molecule has 0 unspecified atom stereocenters. The molecule has 1 aromatic carbocycles. The van der Waals surface area contributed by atoms with E-state index < -0.39 is 6.04 Å². The van der Waals surface area contributed by atoms with Crippen LogP contribution in [-0.2, 0) is 16.0 Å². The van der Waals surface area contributed by atoms with Crippen LogP contribution in [0.2, 0.25) is 0 Å². The third kappa shape index (κ3) is 3.73. The van der Waals surface area contributed by atoms with E-state index in [0.717, 1.165) is 11.3 Å². The standard InChI is InChI=1S/C14H18N2O2S/c1-19-8-7-11-13(17)16-12(14(18)15-11)9-10-5-3-2-4-6-10/h2-6,11-12H,7-9H2,1H3,(H,15,18)(H,16,17)/t11-,12-/m1/s1. The molecule has 1 aromatic rings. The van der Waals surface area contributed by atoms with Gasteiger partial charge in [0.2, 0.25) is 11.8 Å². The van der Waals surface area contributed by atoms with Gasteiger partial charge >= 0.3 is 0 Å². The fourth-order valence-electron chi connectivity index (χ4n) is 2.11. The van der Waals surface area contributed by atoms with Crippen LogP contribution in [0.4, 0.5) is 0 Å². The highest BCUT2D eigenvalue weighted by atomic mass is 32.2. The number of rotatable bonds is 5. The van der Waals surface area contributed by atoms with Crippen LogP contribution >= 0.6 is 11.8 Å². The number of carbonyl (C=O) groups is 2. The van der Waals surface area contributed by atoms with Crippen LogP contribution in [0.25, 0.3) is 0 Å². The Morgan fingerprint density at radius 1 is 1.05 bits per heavy atom. The first-order valence-electron chi connectivity index (χ1n) is 6.34. The second-order valence-electron chi connectivity index (χ2n) is 4.59. The SMILES string of the molecule is CSCC[C@H]1NC(=O)[C@@H](Cc2ccccc2)NC1=O. The van der Waals surface area contributed by atoms with Crippen molar-refractivity contribution in [3.05, 3.63) is 35.9 Å². The molecule has 0 radical (unpaired) electrons. The van der Waals surface area contributed by atoms with Gasteiger partial charge in [0.1, 0.15) is 12.1 Å². The zero-order valence-electron chi connectivity index (χ0n) is 10.9. The summed E-state index contributed by atoms with van der Waals surface area (Å²) in [6.45, 7) is 0. The Labute approximate surface area is 117 Å². The van der Waals surface area contributed by atoms with Crippen LogP contribution in [0.15, 0.2) is 30.3 Å². The average Bonchev–Trinajstić information content (AvgIpc) is 2.42. The molecule has 2 N–H and O–H groups in total. The third-order valence-electron chi connectivity index (χ3n) is 3.16. The van der Waals surface area contributed by atoms with Gasteiger partial charge in [-0.25, -0.2) is 0 Å². The lowest BCUT2D eigenvalue weighted by Gasteiger charge is -2.29. The molecule has 0 bridgehead atoms. The second-order valence-corrected chi connectivity index (χ2v) is 5.58. The maximum absolute atomic E-state index is 12.0. The minimum Gasteiger partial charge on any atom is -0.342 e. The molecule has 0 saturated carbocycles. The van der Waals surface area contributed by atoms with Gasteiger partial charge in [0.25, 0.3) is 0 Å². The summed E-state index contributed by atoms with van der Waals surface area (Å²) in [4.78, 5) is 23.9. The van der Waals surface area contributed by atoms with Crippen molar-refractivity contribution in [2.24, 2.45) is 0 Å². The molecular weight excluding hydrogens is 260 g/mol. The number of carbonyl (C=O) groups excluding carboxylic acids is 2. The first-order chi connectivity index (χ1) is 9.20. The fraction of sp³-hybridized carbons (Fsp3) is 0.429. The third-order valence-corrected chi connectivity index (χ3v) is 3.80. The van der Waals surface area contributed by atoms with E-state index in [4.69, 9.17) is 0 Å². The average molecular weight is 278 g/mol. The molecule has 1 aliphatic heterocycles. The number of amides is 2. The highest BCUT2D eigenvalue weighted by molar-refractivity contribution is 7.98. The minimum atomic E-state index is -0.458. The van der Waals surface area contributed by atoms with Gasteiger partial charge < -0.3 is 10.6 Å². The van der Waals surface area contributed by atoms with Crippen LogP contribution in [0.1, 0.15) is 12.0 Å². The van der Waals surface area contributed by atoms with Crippen molar-refractivity contribution in [1.82, 2.24) is 10.6 Å². The number of piperazine rings is 1. The topological polar surface area (TPSA) is 58.2 Å². The quantitative estimate of drug-likeness (QED) is 0.843. The van der Waals surface area contributed by atoms with Crippen LogP contribution in [0.3, 0.4) is 0 Å². The Morgan fingerprint density at radius 2 is 1.68 bits per heavy atom. The van der Waals surface area contributed by atoms with E-state index in [2.05, 4.69) is 10.6 Å². The van der Waals surface area contributed by atoms with Crippen LogP contribution in [-0.4, -0.2) is 35.9 Å². The van der Waals surface area contributed by atoms with Crippen molar-refractivity contribution in [3.8, 4) is 0 Å². The highest BCUT2D eigenvalue weighted by Crippen LogP contribution is 2.09. The summed E-state index contributed by atoms with van der Waals surface area (Å²) in [6, 6.07) is 8.87. The van der Waals surface area contributed by atoms with Crippen molar-refractivity contribution in [1.29, 1.82) is 0 Å². The molecule has 0 aromatic heterocycles. The molecule has 1 heterocycles. The first-order valence-corrected chi connectivity index (χ1v) is 7.73. The van der Waals surface area contributed by atoms with E-state index in [0.29, 0.717) is 12.8 Å². The predicted octanol–water partition coefficient (Wildman–Crippen LogP) is 0.965. The van der Waals surface area contributed by atoms with E-state index in [9.17, 15) is 9.59 Å². The molecule has 5 heteroatoms. The number of benzene rings is 1. The van der Waals surface area contributed by atoms with E-state index in [1.807, 2.05) is 36.6 Å². The number of nitrogens with one attached hydrogen (secondary N) is 2. The number of hydrogen-bond acceptors (Lipinski definition) is 3. The molecular formula is C14H18N2O2S. The lowest BCUT2D eigenvalue weighted by atomic mass is 10.0. The molecule has 1 saturated heterocycles. The molecule has 4 nitrogen and oxygen atoms in total. The maximum Gasteiger partial charge on any atom is 0.243 e. The largest absolute Gasteiger partial charge is 0.342 e. The zero-order valence-corrected chi connectivity index (χ0v) is 11.7. The minimum absolute atomic E-state index is 0.0745. The molecule has 102 valence electrons. The van der Waals surface area contributed by atoms with Gasteiger partial charge in [-0.1, -0.05) is 30.3 Å². The maximum atomic E-state index is 12.0. The Balaban J connectivity index is 1.95. The molecule has 1 aliphatic rings. The van der Waals surface area contributed by atoms with E-state index in [1.165, 1.54) is 0 Å². The number of hydrogen-bond donors (Lipinski definition) is 2. The molecule has 19 heavy (non-hydrogen) atoms. The summed E-state index contributed by atoms with van der Waals surface area (Å²) in [5.74, 6) is 0.700. The molecule has 1 fully saturated rings. The molecule has 2 atom stereocenters. The Bertz CT molecular complexity index is 450. The summed E-state index contributed by atoms with van der Waals surface area (Å²) in [6.07, 6.45) is 3.20. The second kappa shape index (κ2) is 6.61. The van der Waals surface area contributed by atoms with Gasteiger partial charge in [0, 0.05) is 6.42 Å². The van der Waals surface area contributed by atoms with Gasteiger partial charge in [0.05, 0.1) is 0 Å². The predicted molar refractivity (Wildman–Crippen MR) is 77.0 cm³/mol. The molecule has 0 aliphatic carbocycles. The normalized spacial score (nSPS) is 22.8. The molecule has 2 rings (SSSR count). The zero-order chi connectivity index (χ0) is 13.7. The molecule has 0 spiro atoms. The van der Waals surface area contributed by atoms with E-state index >= 15 is 0 Å². The van der Waals surface area contributed by atoms with E-state index in [-0.39, 0.29) is 17.9 Å². The summed E-state index contributed by atoms with van der Waals surface area (Å²) in [5.41, 5.74) is 1.05. The van der Waals surface area contributed by atoms with Gasteiger partial charge in [-0.3, -0.25) is 9.59 Å². The van der Waals surface area contributed by atoms with Crippen LogP contribution in [0.5, 0.6) is 0 Å². The highest BCUT2D eigenvalue weighted by Gasteiger charge is 2.32.